The Hall–Kier alpha value is -1.31. The molecule has 3 N–H and O–H groups in total. The number of nitrogens with two attached hydrogens (primary N) is 1. The van der Waals surface area contributed by atoms with Gasteiger partial charge in [0.15, 0.2) is 0 Å². The highest BCUT2D eigenvalue weighted by Crippen LogP contribution is 2.15. The van der Waals surface area contributed by atoms with Gasteiger partial charge in [-0.3, -0.25) is 16.0 Å². The molecule has 2 aromatic rings. The smallest absolute Gasteiger partial charge is 0.138 e. The molecule has 0 aromatic carbocycles. The first-order valence-electron chi connectivity index (χ1n) is 4.48. The Kier molecular flexibility index (Phi) is 3.05. The van der Waals surface area contributed by atoms with Crippen molar-refractivity contribution in [3.8, 4) is 0 Å². The van der Waals surface area contributed by atoms with Gasteiger partial charge in [0.25, 0.3) is 0 Å². The van der Waals surface area contributed by atoms with E-state index >= 15 is 0 Å². The molecular formula is C8H12N6S. The molecule has 0 aliphatic carbocycles. The summed E-state index contributed by atoms with van der Waals surface area (Å²) in [6.07, 6.45) is 2.21. The van der Waals surface area contributed by atoms with Crippen LogP contribution in [-0.4, -0.2) is 19.7 Å². The molecule has 0 amide bonds. The minimum absolute atomic E-state index is 0.0147. The van der Waals surface area contributed by atoms with Crippen LogP contribution in [0.4, 0.5) is 0 Å². The third-order valence-corrected chi connectivity index (χ3v) is 2.81. The van der Waals surface area contributed by atoms with Gasteiger partial charge < -0.3 is 0 Å². The molecular weight excluding hydrogens is 212 g/mol. The van der Waals surface area contributed by atoms with Crippen LogP contribution in [0.5, 0.6) is 0 Å². The van der Waals surface area contributed by atoms with Crippen LogP contribution < -0.4 is 11.3 Å². The van der Waals surface area contributed by atoms with Gasteiger partial charge in [-0.1, -0.05) is 0 Å². The van der Waals surface area contributed by atoms with Crippen molar-refractivity contribution in [3.05, 3.63) is 28.7 Å². The van der Waals surface area contributed by atoms with Crippen LogP contribution >= 0.6 is 11.3 Å². The van der Waals surface area contributed by atoms with Gasteiger partial charge in [-0.15, -0.1) is 11.3 Å². The quantitative estimate of drug-likeness (QED) is 0.565. The topological polar surface area (TPSA) is 81.7 Å². The van der Waals surface area contributed by atoms with Crippen LogP contribution in [-0.2, 0) is 13.5 Å². The molecule has 7 heteroatoms. The highest BCUT2D eigenvalue weighted by Gasteiger charge is 2.14. The number of hydrazine groups is 1. The normalized spacial score (nSPS) is 12.9. The van der Waals surface area contributed by atoms with Crippen molar-refractivity contribution in [2.45, 2.75) is 12.5 Å². The van der Waals surface area contributed by atoms with E-state index in [9.17, 15) is 0 Å². The SMILES string of the molecule is Cn1ncnc1CC(NN)c1cscn1. The fourth-order valence-electron chi connectivity index (χ4n) is 1.33. The monoisotopic (exact) mass is 224 g/mol. The second-order valence-corrected chi connectivity index (χ2v) is 3.86. The summed E-state index contributed by atoms with van der Waals surface area (Å²) in [5.41, 5.74) is 5.46. The molecule has 0 saturated carbocycles. The Morgan fingerprint density at radius 3 is 3.00 bits per heavy atom. The van der Waals surface area contributed by atoms with Gasteiger partial charge in [0.1, 0.15) is 12.2 Å². The van der Waals surface area contributed by atoms with E-state index in [2.05, 4.69) is 20.5 Å². The van der Waals surface area contributed by atoms with Gasteiger partial charge in [0.05, 0.1) is 17.2 Å². The summed E-state index contributed by atoms with van der Waals surface area (Å²) in [5, 5.41) is 5.98. The van der Waals surface area contributed by atoms with Crippen LogP contribution in [0.3, 0.4) is 0 Å². The summed E-state index contributed by atoms with van der Waals surface area (Å²) < 4.78 is 1.73. The van der Waals surface area contributed by atoms with Crippen molar-refractivity contribution in [3.63, 3.8) is 0 Å². The predicted octanol–water partition coefficient (Wildman–Crippen LogP) is 0.0187. The van der Waals surface area contributed by atoms with E-state index < -0.39 is 0 Å². The lowest BCUT2D eigenvalue weighted by atomic mass is 10.1. The Balaban J connectivity index is 2.13. The molecule has 2 aromatic heterocycles. The zero-order chi connectivity index (χ0) is 10.7. The van der Waals surface area contributed by atoms with Crippen molar-refractivity contribution >= 4 is 11.3 Å². The molecule has 0 fully saturated rings. The van der Waals surface area contributed by atoms with E-state index in [1.54, 1.807) is 21.5 Å². The fraction of sp³-hybridized carbons (Fsp3) is 0.375. The zero-order valence-electron chi connectivity index (χ0n) is 8.29. The maximum Gasteiger partial charge on any atom is 0.138 e. The molecule has 0 spiro atoms. The number of nitrogens with zero attached hydrogens (tertiary/aromatic N) is 4. The second-order valence-electron chi connectivity index (χ2n) is 3.14. The first-order chi connectivity index (χ1) is 7.31. The minimum Gasteiger partial charge on any atom is -0.271 e. The van der Waals surface area contributed by atoms with Gasteiger partial charge in [0, 0.05) is 18.8 Å². The number of aryl methyl sites for hydroxylation is 1. The van der Waals surface area contributed by atoms with Gasteiger partial charge >= 0.3 is 0 Å². The molecule has 1 unspecified atom stereocenters. The average molecular weight is 224 g/mol. The van der Waals surface area contributed by atoms with Gasteiger partial charge in [-0.05, 0) is 0 Å². The highest BCUT2D eigenvalue weighted by molar-refractivity contribution is 7.07. The number of hydrogen-bond donors (Lipinski definition) is 2. The molecule has 0 radical (unpaired) electrons. The third-order valence-electron chi connectivity index (χ3n) is 2.20. The Morgan fingerprint density at radius 1 is 1.60 bits per heavy atom. The highest BCUT2D eigenvalue weighted by atomic mass is 32.1. The van der Waals surface area contributed by atoms with Crippen LogP contribution in [0.1, 0.15) is 17.6 Å². The van der Waals surface area contributed by atoms with Crippen molar-refractivity contribution in [1.82, 2.24) is 25.2 Å². The van der Waals surface area contributed by atoms with Gasteiger partial charge in [-0.25, -0.2) is 9.97 Å². The molecule has 0 aliphatic rings. The fourth-order valence-corrected chi connectivity index (χ4v) is 1.94. The molecule has 2 rings (SSSR count). The third kappa shape index (κ3) is 2.20. The summed E-state index contributed by atoms with van der Waals surface area (Å²) in [5.74, 6) is 6.37. The summed E-state index contributed by atoms with van der Waals surface area (Å²) in [6.45, 7) is 0. The average Bonchev–Trinajstić information content (AvgIpc) is 2.86. The van der Waals surface area contributed by atoms with E-state index in [0.29, 0.717) is 6.42 Å². The van der Waals surface area contributed by atoms with Crippen molar-refractivity contribution in [1.29, 1.82) is 0 Å². The number of rotatable bonds is 4. The molecule has 80 valence electrons. The molecule has 0 aliphatic heterocycles. The van der Waals surface area contributed by atoms with Crippen LogP contribution in [0, 0.1) is 0 Å². The molecule has 0 bridgehead atoms. The van der Waals surface area contributed by atoms with E-state index in [4.69, 9.17) is 5.84 Å². The second kappa shape index (κ2) is 4.47. The van der Waals surface area contributed by atoms with Crippen molar-refractivity contribution in [2.24, 2.45) is 12.9 Å². The minimum atomic E-state index is -0.0147. The first kappa shape index (κ1) is 10.2. The Bertz CT molecular complexity index is 408. The standard InChI is InChI=1S/C8H12N6S/c1-14-8(10-4-12-14)2-6(13-9)7-3-15-5-11-7/h3-6,13H,2,9H2,1H3. The lowest BCUT2D eigenvalue weighted by Gasteiger charge is -2.12. The van der Waals surface area contributed by atoms with Crippen LogP contribution in [0.15, 0.2) is 17.2 Å². The number of hydrogen-bond acceptors (Lipinski definition) is 6. The predicted molar refractivity (Wildman–Crippen MR) is 56.9 cm³/mol. The maximum absolute atomic E-state index is 5.49. The van der Waals surface area contributed by atoms with E-state index in [1.807, 2.05) is 12.4 Å². The van der Waals surface area contributed by atoms with Gasteiger partial charge in [-0.2, -0.15) is 5.10 Å². The maximum atomic E-state index is 5.49. The summed E-state index contributed by atoms with van der Waals surface area (Å²) in [6, 6.07) is -0.0147. The van der Waals surface area contributed by atoms with Crippen LogP contribution in [0.2, 0.25) is 0 Å². The zero-order valence-corrected chi connectivity index (χ0v) is 9.11. The lowest BCUT2D eigenvalue weighted by molar-refractivity contribution is 0.514. The molecule has 1 atom stereocenters. The number of nitrogens with one attached hydrogen (secondary N) is 1. The number of aromatic nitrogens is 4. The first-order valence-corrected chi connectivity index (χ1v) is 5.42. The van der Waals surface area contributed by atoms with Gasteiger partial charge in [0.2, 0.25) is 0 Å². The Labute approximate surface area is 91.1 Å². The van der Waals surface area contributed by atoms with Crippen LogP contribution in [0.25, 0.3) is 0 Å². The van der Waals surface area contributed by atoms with Crippen molar-refractivity contribution in [2.75, 3.05) is 0 Å². The number of thiazole rings is 1. The summed E-state index contributed by atoms with van der Waals surface area (Å²) in [7, 11) is 1.86. The molecule has 2 heterocycles. The summed E-state index contributed by atoms with van der Waals surface area (Å²) >= 11 is 1.55. The lowest BCUT2D eigenvalue weighted by Crippen LogP contribution is -2.30. The Morgan fingerprint density at radius 2 is 2.47 bits per heavy atom. The van der Waals surface area contributed by atoms with Crippen molar-refractivity contribution < 1.29 is 0 Å². The van der Waals surface area contributed by atoms with E-state index in [-0.39, 0.29) is 6.04 Å². The van der Waals surface area contributed by atoms with E-state index in [0.717, 1.165) is 11.5 Å². The largest absolute Gasteiger partial charge is 0.271 e. The summed E-state index contributed by atoms with van der Waals surface area (Å²) in [4.78, 5) is 8.36. The van der Waals surface area contributed by atoms with E-state index in [1.165, 1.54) is 6.33 Å². The molecule has 15 heavy (non-hydrogen) atoms. The molecule has 0 saturated heterocycles. The molecule has 6 nitrogen and oxygen atoms in total.